The van der Waals surface area contributed by atoms with Crippen LogP contribution in [0.15, 0.2) is 54.6 Å². The summed E-state index contributed by atoms with van der Waals surface area (Å²) in [5.74, 6) is -0.321. The first-order valence-corrected chi connectivity index (χ1v) is 13.0. The first-order chi connectivity index (χ1) is 17.7. The Morgan fingerprint density at radius 3 is 1.97 bits per heavy atom. The Labute approximate surface area is 227 Å². The second kappa shape index (κ2) is 12.8. The minimum absolute atomic E-state index is 0.258. The van der Waals surface area contributed by atoms with Crippen LogP contribution in [0.2, 0.25) is 0 Å². The summed E-state index contributed by atoms with van der Waals surface area (Å²) in [7, 11) is 1.58. The normalized spacial score (nSPS) is 13.3. The highest BCUT2D eigenvalue weighted by molar-refractivity contribution is 5.99. The van der Waals surface area contributed by atoms with Gasteiger partial charge in [-0.1, -0.05) is 51.1 Å². The summed E-state index contributed by atoms with van der Waals surface area (Å²) in [5, 5.41) is 5.72. The fourth-order valence-electron chi connectivity index (χ4n) is 3.98. The molecule has 2 atom stereocenters. The summed E-state index contributed by atoms with van der Waals surface area (Å²) in [6.07, 6.45) is -0.104. The number of hydrogen-bond donors (Lipinski definition) is 2. The molecule has 2 aromatic rings. The first-order valence-electron chi connectivity index (χ1n) is 13.0. The summed E-state index contributed by atoms with van der Waals surface area (Å²) < 4.78 is 10.7. The van der Waals surface area contributed by atoms with Crippen molar-refractivity contribution >= 4 is 23.6 Å². The summed E-state index contributed by atoms with van der Waals surface area (Å²) in [4.78, 5) is 42.5. The van der Waals surface area contributed by atoms with E-state index in [0.29, 0.717) is 23.4 Å². The van der Waals surface area contributed by atoms with Gasteiger partial charge in [0, 0.05) is 11.2 Å². The van der Waals surface area contributed by atoms with Crippen LogP contribution >= 0.6 is 0 Å². The molecule has 0 radical (unpaired) electrons. The van der Waals surface area contributed by atoms with Crippen molar-refractivity contribution in [1.29, 1.82) is 0 Å². The molecular formula is C30H43N3O5. The standard InChI is InChI=1S/C30H43N3O5/c1-10-30(7,8)33(27(35)24(20(2)3)32-28(36)38-29(4,5)6)25(21-14-12-11-13-15-21)26(34)31-22-16-18-23(37-9)19-17-22/h11-20,24-25H,10H2,1-9H3,(H,31,34)(H,32,36). The molecule has 2 unspecified atom stereocenters. The molecule has 0 bridgehead atoms. The fraction of sp³-hybridized carbons (Fsp3) is 0.500. The number of amides is 3. The largest absolute Gasteiger partial charge is 0.497 e. The molecule has 8 nitrogen and oxygen atoms in total. The molecule has 0 saturated heterocycles. The average Bonchev–Trinajstić information content (AvgIpc) is 2.85. The van der Waals surface area contributed by atoms with Gasteiger partial charge >= 0.3 is 6.09 Å². The molecule has 8 heteroatoms. The SMILES string of the molecule is CCC(C)(C)N(C(=O)C(NC(=O)OC(C)(C)C)C(C)C)C(C(=O)Nc1ccc(OC)cc1)c1ccccc1. The van der Waals surface area contributed by atoms with E-state index in [9.17, 15) is 14.4 Å². The molecule has 0 fully saturated rings. The van der Waals surface area contributed by atoms with Crippen LogP contribution in [-0.4, -0.2) is 47.1 Å². The Morgan fingerprint density at radius 2 is 1.50 bits per heavy atom. The Bertz CT molecular complexity index is 1080. The lowest BCUT2D eigenvalue weighted by molar-refractivity contribution is -0.148. The highest BCUT2D eigenvalue weighted by atomic mass is 16.6. The molecule has 2 N–H and O–H groups in total. The topological polar surface area (TPSA) is 97.0 Å². The van der Waals surface area contributed by atoms with Crippen LogP contribution in [0.1, 0.15) is 73.4 Å². The van der Waals surface area contributed by atoms with Gasteiger partial charge in [0.05, 0.1) is 7.11 Å². The van der Waals surface area contributed by atoms with Crippen molar-refractivity contribution < 1.29 is 23.9 Å². The predicted octanol–water partition coefficient (Wildman–Crippen LogP) is 5.94. The number of alkyl carbamates (subject to hydrolysis) is 1. The van der Waals surface area contributed by atoms with E-state index >= 15 is 0 Å². The van der Waals surface area contributed by atoms with E-state index < -0.39 is 29.3 Å². The number of methoxy groups -OCH3 is 1. The number of carbonyl (C=O) groups excluding carboxylic acids is 3. The number of anilines is 1. The number of nitrogens with zero attached hydrogens (tertiary/aromatic N) is 1. The summed E-state index contributed by atoms with van der Waals surface area (Å²) in [6, 6.07) is 14.3. The molecule has 0 aliphatic heterocycles. The van der Waals surface area contributed by atoms with E-state index in [1.165, 1.54) is 0 Å². The van der Waals surface area contributed by atoms with Crippen LogP contribution < -0.4 is 15.4 Å². The highest BCUT2D eigenvalue weighted by Gasteiger charge is 2.43. The zero-order valence-electron chi connectivity index (χ0n) is 24.1. The molecule has 0 aromatic heterocycles. The quantitative estimate of drug-likeness (QED) is 0.400. The highest BCUT2D eigenvalue weighted by Crippen LogP contribution is 2.33. The van der Waals surface area contributed by atoms with Gasteiger partial charge in [-0.15, -0.1) is 0 Å². The van der Waals surface area contributed by atoms with Crippen LogP contribution in [0, 0.1) is 5.92 Å². The van der Waals surface area contributed by atoms with Crippen molar-refractivity contribution in [3.05, 3.63) is 60.2 Å². The van der Waals surface area contributed by atoms with Crippen molar-refractivity contribution in [2.45, 2.75) is 85.0 Å². The molecule has 0 saturated carbocycles. The molecule has 3 amide bonds. The molecule has 2 aromatic carbocycles. The molecule has 2 rings (SSSR count). The number of rotatable bonds is 10. The molecule has 0 heterocycles. The fourth-order valence-corrected chi connectivity index (χ4v) is 3.98. The molecule has 0 spiro atoms. The van der Waals surface area contributed by atoms with Crippen LogP contribution in [0.5, 0.6) is 5.75 Å². The van der Waals surface area contributed by atoms with Crippen LogP contribution in [-0.2, 0) is 14.3 Å². The maximum Gasteiger partial charge on any atom is 0.408 e. The van der Waals surface area contributed by atoms with E-state index in [1.807, 2.05) is 65.0 Å². The third kappa shape index (κ3) is 8.23. The van der Waals surface area contributed by atoms with Gasteiger partial charge in [0.15, 0.2) is 0 Å². The second-order valence-electron chi connectivity index (χ2n) is 11.3. The third-order valence-electron chi connectivity index (χ3n) is 6.34. The monoisotopic (exact) mass is 525 g/mol. The van der Waals surface area contributed by atoms with Gasteiger partial charge in [-0.05, 0) is 76.8 Å². The first kappa shape index (κ1) is 30.7. The second-order valence-corrected chi connectivity index (χ2v) is 11.3. The third-order valence-corrected chi connectivity index (χ3v) is 6.34. The lowest BCUT2D eigenvalue weighted by atomic mass is 9.90. The summed E-state index contributed by atoms with van der Waals surface area (Å²) in [5.41, 5.74) is -0.210. The lowest BCUT2D eigenvalue weighted by Crippen LogP contribution is -2.60. The average molecular weight is 526 g/mol. The Morgan fingerprint density at radius 1 is 0.921 bits per heavy atom. The summed E-state index contributed by atoms with van der Waals surface area (Å²) >= 11 is 0. The Kier molecular flexibility index (Phi) is 10.3. The Balaban J connectivity index is 2.56. The van der Waals surface area contributed by atoms with Gasteiger partial charge in [-0.25, -0.2) is 4.79 Å². The van der Waals surface area contributed by atoms with Gasteiger partial charge in [-0.3, -0.25) is 9.59 Å². The number of nitrogens with one attached hydrogen (secondary N) is 2. The van der Waals surface area contributed by atoms with E-state index in [-0.39, 0.29) is 17.7 Å². The number of hydrogen-bond acceptors (Lipinski definition) is 5. The maximum absolute atomic E-state index is 14.3. The van der Waals surface area contributed by atoms with Crippen molar-refractivity contribution in [1.82, 2.24) is 10.2 Å². The molecule has 38 heavy (non-hydrogen) atoms. The number of carbonyl (C=O) groups is 3. The van der Waals surface area contributed by atoms with E-state index in [1.54, 1.807) is 57.0 Å². The molecule has 208 valence electrons. The number of benzene rings is 2. The van der Waals surface area contributed by atoms with Crippen LogP contribution in [0.4, 0.5) is 10.5 Å². The van der Waals surface area contributed by atoms with Crippen LogP contribution in [0.25, 0.3) is 0 Å². The smallest absolute Gasteiger partial charge is 0.408 e. The summed E-state index contributed by atoms with van der Waals surface area (Å²) in [6.45, 7) is 14.8. The predicted molar refractivity (Wildman–Crippen MR) is 150 cm³/mol. The minimum Gasteiger partial charge on any atom is -0.497 e. The molecule has 0 aliphatic rings. The zero-order chi connectivity index (χ0) is 28.7. The zero-order valence-corrected chi connectivity index (χ0v) is 24.1. The molecular weight excluding hydrogens is 482 g/mol. The lowest BCUT2D eigenvalue weighted by Gasteiger charge is -2.45. The Hall–Kier alpha value is -3.55. The van der Waals surface area contributed by atoms with Gasteiger partial charge in [0.1, 0.15) is 23.4 Å². The van der Waals surface area contributed by atoms with Gasteiger partial charge in [0.25, 0.3) is 5.91 Å². The van der Waals surface area contributed by atoms with Crippen molar-refractivity contribution in [3.63, 3.8) is 0 Å². The van der Waals surface area contributed by atoms with Crippen molar-refractivity contribution in [2.75, 3.05) is 12.4 Å². The van der Waals surface area contributed by atoms with Crippen LogP contribution in [0.3, 0.4) is 0 Å². The van der Waals surface area contributed by atoms with E-state index in [4.69, 9.17) is 9.47 Å². The molecule has 0 aliphatic carbocycles. The van der Waals surface area contributed by atoms with Gasteiger partial charge in [0.2, 0.25) is 5.91 Å². The van der Waals surface area contributed by atoms with Gasteiger partial charge < -0.3 is 25.0 Å². The maximum atomic E-state index is 14.3. The van der Waals surface area contributed by atoms with Crippen molar-refractivity contribution in [3.8, 4) is 5.75 Å². The van der Waals surface area contributed by atoms with E-state index in [0.717, 1.165) is 0 Å². The van der Waals surface area contributed by atoms with Gasteiger partial charge in [-0.2, -0.15) is 0 Å². The van der Waals surface area contributed by atoms with E-state index in [2.05, 4.69) is 10.6 Å². The minimum atomic E-state index is -0.956. The van der Waals surface area contributed by atoms with Crippen molar-refractivity contribution in [2.24, 2.45) is 5.92 Å². The number of ether oxygens (including phenoxy) is 2.